The number of halogens is 1. The van der Waals surface area contributed by atoms with Gasteiger partial charge in [0.15, 0.2) is 0 Å². The molecule has 1 amide bonds. The van der Waals surface area contributed by atoms with E-state index in [4.69, 9.17) is 21.1 Å². The van der Waals surface area contributed by atoms with Gasteiger partial charge in [-0.3, -0.25) is 4.79 Å². The lowest BCUT2D eigenvalue weighted by atomic mass is 10.3. The summed E-state index contributed by atoms with van der Waals surface area (Å²) in [4.78, 5) is 20.8. The molecule has 0 fully saturated rings. The van der Waals surface area contributed by atoms with Crippen LogP contribution in [0.5, 0.6) is 11.5 Å². The highest BCUT2D eigenvalue weighted by atomic mass is 35.5. The normalized spacial score (nSPS) is 10.2. The van der Waals surface area contributed by atoms with Crippen LogP contribution in [0.15, 0.2) is 54.7 Å². The van der Waals surface area contributed by atoms with Gasteiger partial charge in [0, 0.05) is 17.6 Å². The quantitative estimate of drug-likeness (QED) is 0.664. The van der Waals surface area contributed by atoms with Gasteiger partial charge < -0.3 is 20.1 Å². The summed E-state index contributed by atoms with van der Waals surface area (Å²) in [5, 5.41) is 6.24. The number of aromatic nitrogens is 2. The Morgan fingerprint density at radius 1 is 1.00 bits per heavy atom. The van der Waals surface area contributed by atoms with Crippen molar-refractivity contribution >= 4 is 34.8 Å². The van der Waals surface area contributed by atoms with Crippen molar-refractivity contribution in [1.29, 1.82) is 0 Å². The van der Waals surface area contributed by atoms with Crippen LogP contribution in [-0.4, -0.2) is 30.1 Å². The number of anilines is 3. The number of amides is 1. The summed E-state index contributed by atoms with van der Waals surface area (Å²) in [5.74, 6) is 1.20. The number of hydrogen-bond donors (Lipinski definition) is 2. The standard InChI is InChI=1S/C19H17ClN4O3/c1-26-14-6-3-12(4-7-14)22-18(25)16-9-10-21-19(24-16)23-13-5-8-17(27-2)15(20)11-13/h3-11H,1-2H3,(H,22,25)(H,21,23,24). The van der Waals surface area contributed by atoms with Crippen molar-refractivity contribution in [2.75, 3.05) is 24.9 Å². The molecule has 1 heterocycles. The number of methoxy groups -OCH3 is 2. The van der Waals surface area contributed by atoms with Crippen LogP contribution < -0.4 is 20.1 Å². The Bertz CT molecular complexity index is 948. The van der Waals surface area contributed by atoms with E-state index in [0.717, 1.165) is 0 Å². The van der Waals surface area contributed by atoms with Crippen LogP contribution in [0.25, 0.3) is 0 Å². The highest BCUT2D eigenvalue weighted by Gasteiger charge is 2.10. The molecule has 1 aromatic heterocycles. The van der Waals surface area contributed by atoms with Gasteiger partial charge in [-0.05, 0) is 48.5 Å². The minimum Gasteiger partial charge on any atom is -0.497 e. The van der Waals surface area contributed by atoms with Crippen LogP contribution >= 0.6 is 11.6 Å². The third-order valence-electron chi connectivity index (χ3n) is 3.64. The number of hydrogen-bond acceptors (Lipinski definition) is 6. The maximum atomic E-state index is 12.4. The Morgan fingerprint density at radius 3 is 2.41 bits per heavy atom. The monoisotopic (exact) mass is 384 g/mol. The number of nitrogens with one attached hydrogen (secondary N) is 2. The van der Waals surface area contributed by atoms with Crippen LogP contribution in [0, 0.1) is 0 Å². The fraction of sp³-hybridized carbons (Fsp3) is 0.105. The molecule has 3 aromatic rings. The summed E-state index contributed by atoms with van der Waals surface area (Å²) in [6, 6.07) is 13.7. The average molecular weight is 385 g/mol. The second kappa shape index (κ2) is 8.37. The lowest BCUT2D eigenvalue weighted by Gasteiger charge is -2.09. The van der Waals surface area contributed by atoms with Crippen LogP contribution in [-0.2, 0) is 0 Å². The van der Waals surface area contributed by atoms with Crippen molar-refractivity contribution in [3.05, 3.63) is 65.4 Å². The van der Waals surface area contributed by atoms with Gasteiger partial charge in [-0.2, -0.15) is 0 Å². The van der Waals surface area contributed by atoms with Crippen molar-refractivity contribution in [3.8, 4) is 11.5 Å². The minimum absolute atomic E-state index is 0.225. The zero-order chi connectivity index (χ0) is 19.2. The maximum Gasteiger partial charge on any atom is 0.274 e. The van der Waals surface area contributed by atoms with Crippen LogP contribution in [0.3, 0.4) is 0 Å². The van der Waals surface area contributed by atoms with E-state index in [1.165, 1.54) is 12.3 Å². The number of rotatable bonds is 6. The first kappa shape index (κ1) is 18.5. The lowest BCUT2D eigenvalue weighted by molar-refractivity contribution is 0.102. The van der Waals surface area contributed by atoms with E-state index in [1.54, 1.807) is 56.7 Å². The third kappa shape index (κ3) is 4.65. The van der Waals surface area contributed by atoms with Crippen LogP contribution in [0.4, 0.5) is 17.3 Å². The van der Waals surface area contributed by atoms with Crippen LogP contribution in [0.1, 0.15) is 10.5 Å². The number of carbonyl (C=O) groups is 1. The Morgan fingerprint density at radius 2 is 1.74 bits per heavy atom. The van der Waals surface area contributed by atoms with E-state index in [0.29, 0.717) is 27.9 Å². The molecule has 0 saturated heterocycles. The van der Waals surface area contributed by atoms with E-state index in [9.17, 15) is 4.79 Å². The van der Waals surface area contributed by atoms with Gasteiger partial charge in [0.25, 0.3) is 5.91 Å². The topological polar surface area (TPSA) is 85.4 Å². The predicted molar refractivity (Wildman–Crippen MR) is 104 cm³/mol. The molecule has 0 aliphatic carbocycles. The largest absolute Gasteiger partial charge is 0.497 e. The molecular weight excluding hydrogens is 368 g/mol. The second-order valence-corrected chi connectivity index (χ2v) is 5.83. The van der Waals surface area contributed by atoms with Crippen molar-refractivity contribution in [2.24, 2.45) is 0 Å². The molecule has 3 rings (SSSR count). The highest BCUT2D eigenvalue weighted by molar-refractivity contribution is 6.32. The van der Waals surface area contributed by atoms with Crippen molar-refractivity contribution in [1.82, 2.24) is 9.97 Å². The molecule has 2 aromatic carbocycles. The van der Waals surface area contributed by atoms with Gasteiger partial charge in [-0.1, -0.05) is 11.6 Å². The van der Waals surface area contributed by atoms with Crippen molar-refractivity contribution < 1.29 is 14.3 Å². The van der Waals surface area contributed by atoms with Crippen molar-refractivity contribution in [2.45, 2.75) is 0 Å². The summed E-state index contributed by atoms with van der Waals surface area (Å²) in [6.07, 6.45) is 1.50. The smallest absolute Gasteiger partial charge is 0.274 e. The van der Waals surface area contributed by atoms with Gasteiger partial charge in [-0.15, -0.1) is 0 Å². The first-order chi connectivity index (χ1) is 13.1. The minimum atomic E-state index is -0.349. The Kier molecular flexibility index (Phi) is 5.73. The molecule has 7 nitrogen and oxygen atoms in total. The summed E-state index contributed by atoms with van der Waals surface area (Å²) in [5.41, 5.74) is 1.53. The fourth-order valence-electron chi connectivity index (χ4n) is 2.29. The van der Waals surface area contributed by atoms with Gasteiger partial charge in [-0.25, -0.2) is 9.97 Å². The molecule has 0 radical (unpaired) electrons. The molecule has 0 saturated carbocycles. The highest BCUT2D eigenvalue weighted by Crippen LogP contribution is 2.28. The van der Waals surface area contributed by atoms with Crippen LogP contribution in [0.2, 0.25) is 5.02 Å². The number of benzene rings is 2. The molecule has 0 aliphatic rings. The predicted octanol–water partition coefficient (Wildman–Crippen LogP) is 4.14. The summed E-state index contributed by atoms with van der Waals surface area (Å²) in [6.45, 7) is 0. The first-order valence-electron chi connectivity index (χ1n) is 7.98. The van der Waals surface area contributed by atoms with Gasteiger partial charge in [0.1, 0.15) is 17.2 Å². The zero-order valence-electron chi connectivity index (χ0n) is 14.7. The molecule has 0 unspecified atom stereocenters. The number of carbonyl (C=O) groups excluding carboxylic acids is 1. The fourth-order valence-corrected chi connectivity index (χ4v) is 2.55. The molecule has 27 heavy (non-hydrogen) atoms. The zero-order valence-corrected chi connectivity index (χ0v) is 15.4. The molecule has 0 atom stereocenters. The number of nitrogens with zero attached hydrogens (tertiary/aromatic N) is 2. The van der Waals surface area contributed by atoms with Gasteiger partial charge >= 0.3 is 0 Å². The Labute approximate surface area is 161 Å². The maximum absolute atomic E-state index is 12.4. The van der Waals surface area contributed by atoms with Gasteiger partial charge in [0.2, 0.25) is 5.95 Å². The SMILES string of the molecule is COc1ccc(NC(=O)c2ccnc(Nc3ccc(OC)c(Cl)c3)n2)cc1. The molecule has 0 bridgehead atoms. The molecule has 2 N–H and O–H groups in total. The second-order valence-electron chi connectivity index (χ2n) is 5.42. The van der Waals surface area contributed by atoms with Crippen molar-refractivity contribution in [3.63, 3.8) is 0 Å². The molecule has 8 heteroatoms. The summed E-state index contributed by atoms with van der Waals surface area (Å²) < 4.78 is 10.2. The third-order valence-corrected chi connectivity index (χ3v) is 3.94. The number of ether oxygens (including phenoxy) is 2. The summed E-state index contributed by atoms with van der Waals surface area (Å²) in [7, 11) is 3.13. The van der Waals surface area contributed by atoms with E-state index >= 15 is 0 Å². The van der Waals surface area contributed by atoms with E-state index in [-0.39, 0.29) is 17.5 Å². The Hall–Kier alpha value is -3.32. The van der Waals surface area contributed by atoms with E-state index in [2.05, 4.69) is 20.6 Å². The molecule has 0 aliphatic heterocycles. The average Bonchev–Trinajstić information content (AvgIpc) is 2.69. The molecule has 138 valence electrons. The van der Waals surface area contributed by atoms with Gasteiger partial charge in [0.05, 0.1) is 19.2 Å². The lowest BCUT2D eigenvalue weighted by Crippen LogP contribution is -2.14. The molecular formula is C19H17ClN4O3. The first-order valence-corrected chi connectivity index (χ1v) is 8.36. The Balaban J connectivity index is 1.72. The van der Waals surface area contributed by atoms with E-state index < -0.39 is 0 Å². The van der Waals surface area contributed by atoms with E-state index in [1.807, 2.05) is 0 Å². The molecule has 0 spiro atoms. The summed E-state index contributed by atoms with van der Waals surface area (Å²) >= 11 is 6.11.